The monoisotopic (exact) mass is 530 g/mol. The van der Waals surface area contributed by atoms with Crippen molar-refractivity contribution in [3.05, 3.63) is 77.4 Å². The van der Waals surface area contributed by atoms with Gasteiger partial charge in [0.1, 0.15) is 18.2 Å². The second-order valence-corrected chi connectivity index (χ2v) is 10.0. The number of nitrogens with zero attached hydrogens (tertiary/aromatic N) is 4. The van der Waals surface area contributed by atoms with Crippen LogP contribution in [0.3, 0.4) is 0 Å². The third kappa shape index (κ3) is 5.22. The van der Waals surface area contributed by atoms with Crippen LogP contribution in [0.4, 0.5) is 4.39 Å². The number of rotatable bonds is 9. The van der Waals surface area contributed by atoms with E-state index in [1.54, 1.807) is 24.1 Å². The number of fused-ring (bicyclic) bond motifs is 2. The van der Waals surface area contributed by atoms with E-state index in [9.17, 15) is 9.59 Å². The summed E-state index contributed by atoms with van der Waals surface area (Å²) in [5.41, 5.74) is 1.41. The van der Waals surface area contributed by atoms with Crippen molar-refractivity contribution in [3.63, 3.8) is 0 Å². The van der Waals surface area contributed by atoms with Gasteiger partial charge < -0.3 is 23.8 Å². The molecule has 8 nitrogen and oxygen atoms in total. The van der Waals surface area contributed by atoms with Gasteiger partial charge in [-0.1, -0.05) is 30.8 Å². The molecule has 1 saturated heterocycles. The first-order valence-electron chi connectivity index (χ1n) is 12.8. The molecule has 0 radical (unpaired) electrons. The molecule has 2 heterocycles. The summed E-state index contributed by atoms with van der Waals surface area (Å²) in [6, 6.07) is 14.4. The number of likely N-dealkylation sites (N-methyl/N-ethyl adjacent to an activating group) is 1. The molecular weight excluding hydrogens is 499 g/mol. The number of hydrogen-bond acceptors (Lipinski definition) is 6. The van der Waals surface area contributed by atoms with Crippen molar-refractivity contribution in [3.8, 4) is 22.8 Å². The molecule has 3 aromatic carbocycles. The van der Waals surface area contributed by atoms with Gasteiger partial charge in [-0.3, -0.25) is 9.59 Å². The summed E-state index contributed by atoms with van der Waals surface area (Å²) in [5.74, 6) is -0.00798. The molecule has 0 aliphatic carbocycles. The molecule has 1 aliphatic rings. The summed E-state index contributed by atoms with van der Waals surface area (Å²) in [5, 5.41) is 1.79. The maximum absolute atomic E-state index is 15.8. The summed E-state index contributed by atoms with van der Waals surface area (Å²) in [6.07, 6.45) is 1.28. The van der Waals surface area contributed by atoms with Gasteiger partial charge in [-0.05, 0) is 54.7 Å². The molecule has 0 saturated carbocycles. The highest BCUT2D eigenvalue weighted by Gasteiger charge is 2.31. The maximum Gasteiger partial charge on any atom is 0.313 e. The van der Waals surface area contributed by atoms with Gasteiger partial charge >= 0.3 is 5.56 Å². The second-order valence-electron chi connectivity index (χ2n) is 10.0. The zero-order valence-electron chi connectivity index (χ0n) is 22.3. The Balaban J connectivity index is 1.62. The molecule has 39 heavy (non-hydrogen) atoms. The summed E-state index contributed by atoms with van der Waals surface area (Å²) < 4.78 is 28.6. The highest BCUT2D eigenvalue weighted by atomic mass is 19.1. The minimum absolute atomic E-state index is 0.0317. The lowest BCUT2D eigenvalue weighted by Gasteiger charge is -2.39. The highest BCUT2D eigenvalue weighted by Crippen LogP contribution is 2.36. The Morgan fingerprint density at radius 2 is 1.95 bits per heavy atom. The van der Waals surface area contributed by atoms with Crippen LogP contribution >= 0.6 is 0 Å². The fourth-order valence-corrected chi connectivity index (χ4v) is 4.92. The molecule has 9 heteroatoms. The first-order valence-corrected chi connectivity index (χ1v) is 12.8. The largest absolute Gasteiger partial charge is 0.497 e. The number of likely N-dealkylation sites (tertiary alicyclic amines) is 1. The van der Waals surface area contributed by atoms with Gasteiger partial charge in [-0.25, -0.2) is 9.37 Å². The first-order chi connectivity index (χ1) is 18.8. The lowest BCUT2D eigenvalue weighted by atomic mass is 9.96. The van der Waals surface area contributed by atoms with E-state index in [2.05, 4.69) is 11.6 Å². The number of methoxy groups -OCH3 is 1. The van der Waals surface area contributed by atoms with Crippen molar-refractivity contribution < 1.29 is 18.7 Å². The molecule has 1 aromatic heterocycles. The molecule has 5 rings (SSSR count). The number of halogens is 1. The van der Waals surface area contributed by atoms with E-state index in [0.717, 1.165) is 10.8 Å². The topological polar surface area (TPSA) is 76.9 Å². The van der Waals surface area contributed by atoms with Crippen molar-refractivity contribution in [2.45, 2.75) is 6.54 Å². The van der Waals surface area contributed by atoms with Gasteiger partial charge in [-0.2, -0.15) is 0 Å². The number of aromatic nitrogens is 2. The Hall–Kier alpha value is -4.24. The zero-order chi connectivity index (χ0) is 27.7. The molecule has 202 valence electrons. The SMILES string of the molecule is C=CC(=O)N1CC(Cn2c(=O)c(OCCN(C)C)nc3cc(-c4cc(OC)cc5ccccc45)c(F)cc32)C1. The minimum atomic E-state index is -0.478. The van der Waals surface area contributed by atoms with Crippen molar-refractivity contribution in [1.29, 1.82) is 0 Å². The van der Waals surface area contributed by atoms with Crippen LogP contribution in [0.15, 0.2) is 66.0 Å². The molecule has 0 spiro atoms. The van der Waals surface area contributed by atoms with Gasteiger partial charge in [0.15, 0.2) is 0 Å². The van der Waals surface area contributed by atoms with Crippen LogP contribution in [0.25, 0.3) is 32.9 Å². The number of ether oxygens (including phenoxy) is 2. The normalized spacial score (nSPS) is 13.6. The zero-order valence-corrected chi connectivity index (χ0v) is 22.3. The van der Waals surface area contributed by atoms with Gasteiger partial charge in [0.25, 0.3) is 5.88 Å². The fourth-order valence-electron chi connectivity index (χ4n) is 4.92. The molecular formula is C30H31FN4O4. The van der Waals surface area contributed by atoms with E-state index < -0.39 is 11.4 Å². The van der Waals surface area contributed by atoms with Crippen LogP contribution in [-0.4, -0.2) is 72.7 Å². The smallest absolute Gasteiger partial charge is 0.313 e. The quantitative estimate of drug-likeness (QED) is 0.305. The average molecular weight is 531 g/mol. The van der Waals surface area contributed by atoms with Crippen molar-refractivity contribution in [2.24, 2.45) is 5.92 Å². The Labute approximate surface area is 225 Å². The lowest BCUT2D eigenvalue weighted by Crippen LogP contribution is -2.51. The molecule has 0 bridgehead atoms. The summed E-state index contributed by atoms with van der Waals surface area (Å²) >= 11 is 0. The third-order valence-corrected chi connectivity index (χ3v) is 7.03. The number of hydrogen-bond donors (Lipinski definition) is 0. The average Bonchev–Trinajstić information content (AvgIpc) is 2.90. The minimum Gasteiger partial charge on any atom is -0.497 e. The summed E-state index contributed by atoms with van der Waals surface area (Å²) in [6.45, 7) is 5.71. The Kier molecular flexibility index (Phi) is 7.34. The molecule has 4 aromatic rings. The molecule has 0 unspecified atom stereocenters. The predicted molar refractivity (Wildman–Crippen MR) is 150 cm³/mol. The maximum atomic E-state index is 15.8. The van der Waals surface area contributed by atoms with Crippen LogP contribution < -0.4 is 15.0 Å². The highest BCUT2D eigenvalue weighted by molar-refractivity contribution is 5.99. The summed E-state index contributed by atoms with van der Waals surface area (Å²) in [4.78, 5) is 33.5. The van der Waals surface area contributed by atoms with Crippen molar-refractivity contribution in [2.75, 3.05) is 47.4 Å². The number of benzene rings is 3. The van der Waals surface area contributed by atoms with E-state index in [1.165, 1.54) is 16.7 Å². The lowest BCUT2D eigenvalue weighted by molar-refractivity contribution is -0.132. The number of carbonyl (C=O) groups is 1. The Morgan fingerprint density at radius 3 is 2.67 bits per heavy atom. The predicted octanol–water partition coefficient (Wildman–Crippen LogP) is 3.95. The molecule has 0 atom stereocenters. The molecule has 1 fully saturated rings. The Bertz CT molecular complexity index is 1630. The standard InChI is InChI=1S/C30H31FN4O4/c1-5-28(36)34-16-19(17-34)18-35-27-15-25(31)24(14-26(27)32-29(30(35)37)39-11-10-33(2)3)23-13-21(38-4)12-20-8-6-7-9-22(20)23/h5-9,12-15,19H,1,10-11,16-18H2,2-4H3. The van der Waals surface area contributed by atoms with Gasteiger partial charge in [-0.15, -0.1) is 0 Å². The van der Waals surface area contributed by atoms with Crippen LogP contribution in [0.2, 0.25) is 0 Å². The van der Waals surface area contributed by atoms with E-state index in [-0.39, 0.29) is 24.3 Å². The van der Waals surface area contributed by atoms with Crippen LogP contribution in [0.1, 0.15) is 0 Å². The molecule has 1 amide bonds. The van der Waals surface area contributed by atoms with Gasteiger partial charge in [0.05, 0.1) is 18.1 Å². The van der Waals surface area contributed by atoms with Gasteiger partial charge in [0.2, 0.25) is 5.91 Å². The molecule has 0 N–H and O–H groups in total. The third-order valence-electron chi connectivity index (χ3n) is 7.03. The van der Waals surface area contributed by atoms with E-state index >= 15 is 4.39 Å². The number of carbonyl (C=O) groups excluding carboxylic acids is 1. The van der Waals surface area contributed by atoms with Crippen LogP contribution in [0.5, 0.6) is 11.6 Å². The summed E-state index contributed by atoms with van der Waals surface area (Å²) in [7, 11) is 5.40. The van der Waals surface area contributed by atoms with E-state index in [1.807, 2.05) is 49.3 Å². The fraction of sp³-hybridized carbons (Fsp3) is 0.300. The van der Waals surface area contributed by atoms with Crippen LogP contribution in [-0.2, 0) is 11.3 Å². The second kappa shape index (κ2) is 10.9. The van der Waals surface area contributed by atoms with Gasteiger partial charge in [0, 0.05) is 43.7 Å². The van der Waals surface area contributed by atoms with Crippen molar-refractivity contribution >= 4 is 27.7 Å². The molecule has 1 aliphatic heterocycles. The van der Waals surface area contributed by atoms with Crippen LogP contribution in [0, 0.1) is 11.7 Å². The van der Waals surface area contributed by atoms with E-state index in [0.29, 0.717) is 54.1 Å². The number of amides is 1. The Morgan fingerprint density at radius 1 is 1.18 bits per heavy atom. The van der Waals surface area contributed by atoms with E-state index in [4.69, 9.17) is 9.47 Å². The van der Waals surface area contributed by atoms with Crippen molar-refractivity contribution in [1.82, 2.24) is 19.4 Å². The first kappa shape index (κ1) is 26.4.